The van der Waals surface area contributed by atoms with E-state index < -0.39 is 0 Å². The molecule has 0 amide bonds. The van der Waals surface area contributed by atoms with Crippen LogP contribution in [0.3, 0.4) is 0 Å². The number of hydrogen-bond donors (Lipinski definition) is 1. The predicted octanol–water partition coefficient (Wildman–Crippen LogP) is 0.849. The van der Waals surface area contributed by atoms with Crippen molar-refractivity contribution in [1.29, 1.82) is 0 Å². The van der Waals surface area contributed by atoms with E-state index in [0.717, 1.165) is 5.69 Å². The van der Waals surface area contributed by atoms with Gasteiger partial charge in [-0.15, -0.1) is 5.10 Å². The average Bonchev–Trinajstić information content (AvgIpc) is 2.57. The molecule has 1 aromatic carbocycles. The number of nitrogen functional groups attached to an aromatic ring is 1. The van der Waals surface area contributed by atoms with E-state index in [0.29, 0.717) is 5.69 Å². The highest BCUT2D eigenvalue weighted by molar-refractivity contribution is 5.56. The Morgan fingerprint density at radius 1 is 1.25 bits per heavy atom. The molecule has 0 aliphatic rings. The van der Waals surface area contributed by atoms with Crippen LogP contribution >= 0.6 is 0 Å². The summed E-state index contributed by atoms with van der Waals surface area (Å²) in [6.45, 7) is 0. The molecule has 2 aromatic rings. The lowest BCUT2D eigenvalue weighted by atomic mass is 10.3. The molecule has 0 atom stereocenters. The SMILES string of the molecule is Nc1ccccc1-n1ccnn1. The fourth-order valence-electron chi connectivity index (χ4n) is 1.03. The standard InChI is InChI=1S/C8H8N4/c9-7-3-1-2-4-8(7)12-6-5-10-11-12/h1-6H,9H2. The van der Waals surface area contributed by atoms with Gasteiger partial charge in [-0.1, -0.05) is 17.3 Å². The Hall–Kier alpha value is -1.84. The number of nitrogens with zero attached hydrogens (tertiary/aromatic N) is 3. The van der Waals surface area contributed by atoms with Gasteiger partial charge < -0.3 is 5.73 Å². The summed E-state index contributed by atoms with van der Waals surface area (Å²) in [4.78, 5) is 0. The molecule has 2 N–H and O–H groups in total. The van der Waals surface area contributed by atoms with E-state index >= 15 is 0 Å². The first kappa shape index (κ1) is 6.84. The highest BCUT2D eigenvalue weighted by atomic mass is 15.4. The topological polar surface area (TPSA) is 56.7 Å². The number of nitrogens with two attached hydrogens (primary N) is 1. The van der Waals surface area contributed by atoms with E-state index in [9.17, 15) is 0 Å². The fourth-order valence-corrected chi connectivity index (χ4v) is 1.03. The van der Waals surface area contributed by atoms with Crippen molar-refractivity contribution in [3.05, 3.63) is 36.7 Å². The minimum absolute atomic E-state index is 0.697. The zero-order valence-electron chi connectivity index (χ0n) is 6.38. The van der Waals surface area contributed by atoms with Gasteiger partial charge in [0.25, 0.3) is 0 Å². The van der Waals surface area contributed by atoms with Crippen LogP contribution in [0.4, 0.5) is 5.69 Å². The van der Waals surface area contributed by atoms with Crippen LogP contribution in [0.25, 0.3) is 5.69 Å². The zero-order chi connectivity index (χ0) is 8.39. The molecule has 0 bridgehead atoms. The molecule has 60 valence electrons. The van der Waals surface area contributed by atoms with Crippen LogP contribution in [-0.4, -0.2) is 15.0 Å². The van der Waals surface area contributed by atoms with Gasteiger partial charge in [0.15, 0.2) is 0 Å². The third-order valence-corrected chi connectivity index (χ3v) is 1.61. The third-order valence-electron chi connectivity index (χ3n) is 1.61. The van der Waals surface area contributed by atoms with Gasteiger partial charge in [-0.2, -0.15) is 0 Å². The molecular weight excluding hydrogens is 152 g/mol. The zero-order valence-corrected chi connectivity index (χ0v) is 6.38. The normalized spacial score (nSPS) is 10.0. The van der Waals surface area contributed by atoms with Crippen molar-refractivity contribution in [2.24, 2.45) is 0 Å². The lowest BCUT2D eigenvalue weighted by molar-refractivity contribution is 0.805. The molecule has 0 radical (unpaired) electrons. The monoisotopic (exact) mass is 160 g/mol. The fraction of sp³-hybridized carbons (Fsp3) is 0. The van der Waals surface area contributed by atoms with Crippen LogP contribution in [0.15, 0.2) is 36.7 Å². The highest BCUT2D eigenvalue weighted by Gasteiger charge is 1.98. The number of aromatic nitrogens is 3. The van der Waals surface area contributed by atoms with Gasteiger partial charge in [0.05, 0.1) is 23.8 Å². The smallest absolute Gasteiger partial charge is 0.0892 e. The molecule has 4 heteroatoms. The van der Waals surface area contributed by atoms with Crippen LogP contribution in [0.2, 0.25) is 0 Å². The summed E-state index contributed by atoms with van der Waals surface area (Å²) in [6.07, 6.45) is 3.37. The van der Waals surface area contributed by atoms with Crippen LogP contribution in [0.5, 0.6) is 0 Å². The summed E-state index contributed by atoms with van der Waals surface area (Å²) >= 11 is 0. The first-order valence-corrected chi connectivity index (χ1v) is 3.59. The average molecular weight is 160 g/mol. The molecule has 0 aliphatic heterocycles. The van der Waals surface area contributed by atoms with Crippen molar-refractivity contribution in [1.82, 2.24) is 15.0 Å². The van der Waals surface area contributed by atoms with Gasteiger partial charge in [0.1, 0.15) is 0 Å². The van der Waals surface area contributed by atoms with E-state index in [4.69, 9.17) is 5.73 Å². The summed E-state index contributed by atoms with van der Waals surface area (Å²) in [5, 5.41) is 7.53. The largest absolute Gasteiger partial charge is 0.397 e. The minimum Gasteiger partial charge on any atom is -0.397 e. The quantitative estimate of drug-likeness (QED) is 0.629. The first-order valence-electron chi connectivity index (χ1n) is 3.59. The summed E-state index contributed by atoms with van der Waals surface area (Å²) in [6, 6.07) is 7.52. The minimum atomic E-state index is 0.697. The summed E-state index contributed by atoms with van der Waals surface area (Å²) < 4.78 is 1.63. The molecule has 0 spiro atoms. The van der Waals surface area contributed by atoms with Gasteiger partial charge in [-0.3, -0.25) is 0 Å². The van der Waals surface area contributed by atoms with Crippen molar-refractivity contribution < 1.29 is 0 Å². The molecule has 4 nitrogen and oxygen atoms in total. The maximum Gasteiger partial charge on any atom is 0.0892 e. The highest BCUT2D eigenvalue weighted by Crippen LogP contribution is 2.13. The Labute approximate surface area is 69.6 Å². The van der Waals surface area contributed by atoms with Crippen LogP contribution in [-0.2, 0) is 0 Å². The molecule has 0 unspecified atom stereocenters. The van der Waals surface area contributed by atoms with Gasteiger partial charge >= 0.3 is 0 Å². The van der Waals surface area contributed by atoms with E-state index in [1.807, 2.05) is 24.3 Å². The Morgan fingerprint density at radius 2 is 2.08 bits per heavy atom. The van der Waals surface area contributed by atoms with Crippen molar-refractivity contribution in [2.45, 2.75) is 0 Å². The molecule has 1 aromatic heterocycles. The van der Waals surface area contributed by atoms with Crippen LogP contribution in [0.1, 0.15) is 0 Å². The third kappa shape index (κ3) is 1.03. The maximum absolute atomic E-state index is 5.72. The van der Waals surface area contributed by atoms with E-state index in [1.54, 1.807) is 17.1 Å². The lowest BCUT2D eigenvalue weighted by Gasteiger charge is -2.02. The number of para-hydroxylation sites is 2. The van der Waals surface area contributed by atoms with Crippen molar-refractivity contribution in [3.63, 3.8) is 0 Å². The second-order valence-electron chi connectivity index (χ2n) is 2.41. The van der Waals surface area contributed by atoms with Gasteiger partial charge in [-0.25, -0.2) is 4.68 Å². The molecule has 0 saturated carbocycles. The first-order chi connectivity index (χ1) is 5.88. The van der Waals surface area contributed by atoms with Crippen LogP contribution in [0, 0.1) is 0 Å². The molecule has 12 heavy (non-hydrogen) atoms. The lowest BCUT2D eigenvalue weighted by Crippen LogP contribution is -1.99. The molecule has 0 fully saturated rings. The summed E-state index contributed by atoms with van der Waals surface area (Å²) in [5.74, 6) is 0. The van der Waals surface area contributed by atoms with Gasteiger partial charge in [0, 0.05) is 0 Å². The molecule has 0 aliphatic carbocycles. The van der Waals surface area contributed by atoms with E-state index in [2.05, 4.69) is 10.3 Å². The molecule has 0 saturated heterocycles. The maximum atomic E-state index is 5.72. The summed E-state index contributed by atoms with van der Waals surface area (Å²) in [7, 11) is 0. The number of anilines is 1. The van der Waals surface area contributed by atoms with Gasteiger partial charge in [0.2, 0.25) is 0 Å². The van der Waals surface area contributed by atoms with Crippen molar-refractivity contribution >= 4 is 5.69 Å². The number of hydrogen-bond acceptors (Lipinski definition) is 3. The van der Waals surface area contributed by atoms with E-state index in [1.165, 1.54) is 0 Å². The number of benzene rings is 1. The van der Waals surface area contributed by atoms with Crippen molar-refractivity contribution in [3.8, 4) is 5.69 Å². The Morgan fingerprint density at radius 3 is 2.75 bits per heavy atom. The van der Waals surface area contributed by atoms with Crippen LogP contribution < -0.4 is 5.73 Å². The Bertz CT molecular complexity index is 366. The summed E-state index contributed by atoms with van der Waals surface area (Å²) in [5.41, 5.74) is 7.28. The van der Waals surface area contributed by atoms with Crippen molar-refractivity contribution in [2.75, 3.05) is 5.73 Å². The second kappa shape index (κ2) is 2.65. The Balaban J connectivity index is 2.55. The molecule has 2 rings (SSSR count). The van der Waals surface area contributed by atoms with Gasteiger partial charge in [-0.05, 0) is 12.1 Å². The predicted molar refractivity (Wildman–Crippen MR) is 45.8 cm³/mol. The number of rotatable bonds is 1. The Kier molecular flexibility index (Phi) is 1.51. The molecular formula is C8H8N4. The second-order valence-corrected chi connectivity index (χ2v) is 2.41. The van der Waals surface area contributed by atoms with E-state index in [-0.39, 0.29) is 0 Å². The molecule has 1 heterocycles.